The van der Waals surface area contributed by atoms with Crippen LogP contribution in [0, 0.1) is 12.8 Å². The number of benzene rings is 3. The second kappa shape index (κ2) is 12.3. The summed E-state index contributed by atoms with van der Waals surface area (Å²) in [6, 6.07) is 21.7. The van der Waals surface area contributed by atoms with Crippen molar-refractivity contribution >= 4 is 27.4 Å². The third-order valence-corrected chi connectivity index (χ3v) is 10.9. The van der Waals surface area contributed by atoms with Gasteiger partial charge in [0.25, 0.3) is 0 Å². The van der Waals surface area contributed by atoms with Crippen molar-refractivity contribution in [3.63, 3.8) is 0 Å². The van der Waals surface area contributed by atoms with Gasteiger partial charge in [0, 0.05) is 23.6 Å². The predicted molar refractivity (Wildman–Crippen MR) is 177 cm³/mol. The van der Waals surface area contributed by atoms with Crippen molar-refractivity contribution in [1.29, 1.82) is 0 Å². The average molecular weight is 628 g/mol. The smallest absolute Gasteiger partial charge is 0.324 e. The van der Waals surface area contributed by atoms with E-state index in [0.29, 0.717) is 42.9 Å². The fraction of sp³-hybridized carbons (Fsp3) is 0.371. The normalized spacial score (nSPS) is 16.1. The van der Waals surface area contributed by atoms with Crippen LogP contribution in [-0.2, 0) is 21.7 Å². The molecule has 3 N–H and O–H groups in total. The molecule has 1 unspecified atom stereocenters. The van der Waals surface area contributed by atoms with E-state index in [-0.39, 0.29) is 16.2 Å². The highest BCUT2D eigenvalue weighted by molar-refractivity contribution is 7.91. The molecule has 45 heavy (non-hydrogen) atoms. The predicted octanol–water partition coefficient (Wildman–Crippen LogP) is 6.57. The fourth-order valence-electron chi connectivity index (χ4n) is 6.16. The zero-order chi connectivity index (χ0) is 31.8. The van der Waals surface area contributed by atoms with E-state index < -0.39 is 21.1 Å². The number of urea groups is 1. The number of anilines is 2. The van der Waals surface area contributed by atoms with E-state index >= 15 is 0 Å². The van der Waals surface area contributed by atoms with Gasteiger partial charge >= 0.3 is 6.03 Å². The highest BCUT2D eigenvalue weighted by Crippen LogP contribution is 2.43. The molecule has 236 valence electrons. The third kappa shape index (κ3) is 6.48. The van der Waals surface area contributed by atoms with E-state index in [1.165, 1.54) is 0 Å². The number of sulfone groups is 1. The first kappa shape index (κ1) is 30.9. The molecule has 2 aliphatic heterocycles. The van der Waals surface area contributed by atoms with Crippen molar-refractivity contribution < 1.29 is 17.9 Å². The molecule has 9 nitrogen and oxygen atoms in total. The summed E-state index contributed by atoms with van der Waals surface area (Å²) in [5.74, 6) is 1.14. The van der Waals surface area contributed by atoms with Crippen LogP contribution < -0.4 is 20.7 Å². The zero-order valence-corrected chi connectivity index (χ0v) is 27.1. The number of fused-ring (bicyclic) bond motifs is 1. The number of piperidine rings is 1. The van der Waals surface area contributed by atoms with Crippen molar-refractivity contribution in [2.45, 2.75) is 62.5 Å². The number of hydrogen-bond donors (Lipinski definition) is 3. The molecule has 2 amide bonds. The highest BCUT2D eigenvalue weighted by atomic mass is 32.2. The Bertz CT molecular complexity index is 1800. The second-order valence-corrected chi connectivity index (χ2v) is 15.1. The number of rotatable bonds is 7. The first-order valence-electron chi connectivity index (χ1n) is 15.6. The van der Waals surface area contributed by atoms with Crippen LogP contribution in [0.3, 0.4) is 0 Å². The Balaban J connectivity index is 1.34. The van der Waals surface area contributed by atoms with Gasteiger partial charge in [-0.05, 0) is 86.3 Å². The summed E-state index contributed by atoms with van der Waals surface area (Å²) in [5.41, 5.74) is 4.49. The van der Waals surface area contributed by atoms with E-state index in [2.05, 4.69) is 36.7 Å². The molecule has 0 bridgehead atoms. The standard InChI is InChI=1S/C35H41N5O4S/c1-23-9-11-26(12-10-23)40-32(22-31(39-40)35(2,3)4)38-34(41)37-29-8-6-5-7-28(29)33(24-15-18-36-19-16-24)45(42,43)27-13-14-30-25(21-27)17-20-44-30/h5-14,21-22,24,33,36H,15-20H2,1-4H3,(H2,37,38,41). The maximum atomic E-state index is 14.5. The van der Waals surface area contributed by atoms with Crippen molar-refractivity contribution in [1.82, 2.24) is 15.1 Å². The van der Waals surface area contributed by atoms with Crippen LogP contribution in [0.25, 0.3) is 5.69 Å². The van der Waals surface area contributed by atoms with Crippen LogP contribution >= 0.6 is 0 Å². The molecule has 10 heteroatoms. The van der Waals surface area contributed by atoms with Crippen LogP contribution in [0.4, 0.5) is 16.3 Å². The molecule has 0 saturated carbocycles. The minimum absolute atomic E-state index is 0.121. The Morgan fingerprint density at radius 1 is 1.00 bits per heavy atom. The molecule has 0 aliphatic carbocycles. The van der Waals surface area contributed by atoms with Crippen LogP contribution in [0.5, 0.6) is 5.75 Å². The number of hydrogen-bond acceptors (Lipinski definition) is 6. The molecule has 3 aromatic carbocycles. The van der Waals surface area contributed by atoms with E-state index in [0.717, 1.165) is 41.3 Å². The van der Waals surface area contributed by atoms with E-state index in [1.54, 1.807) is 28.9 Å². The minimum atomic E-state index is -3.82. The average Bonchev–Trinajstić information content (AvgIpc) is 3.66. The van der Waals surface area contributed by atoms with E-state index in [4.69, 9.17) is 9.84 Å². The number of nitrogens with one attached hydrogen (secondary N) is 3. The molecule has 1 atom stereocenters. The van der Waals surface area contributed by atoms with Crippen molar-refractivity contribution in [2.24, 2.45) is 5.92 Å². The van der Waals surface area contributed by atoms with E-state index in [9.17, 15) is 13.2 Å². The van der Waals surface area contributed by atoms with Gasteiger partial charge in [0.1, 0.15) is 11.6 Å². The van der Waals surface area contributed by atoms with Crippen LogP contribution in [-0.4, -0.2) is 43.9 Å². The Morgan fingerprint density at radius 3 is 2.47 bits per heavy atom. The third-order valence-electron chi connectivity index (χ3n) is 8.65. The lowest BCUT2D eigenvalue weighted by Gasteiger charge is -2.32. The van der Waals surface area contributed by atoms with Gasteiger partial charge in [0.2, 0.25) is 0 Å². The largest absolute Gasteiger partial charge is 0.493 e. The zero-order valence-electron chi connectivity index (χ0n) is 26.3. The number of para-hydroxylation sites is 1. The summed E-state index contributed by atoms with van der Waals surface area (Å²) in [7, 11) is -3.82. The molecular weight excluding hydrogens is 586 g/mol. The topological polar surface area (TPSA) is 114 Å². The van der Waals surface area contributed by atoms with E-state index in [1.807, 2.05) is 55.5 Å². The maximum Gasteiger partial charge on any atom is 0.324 e. The maximum absolute atomic E-state index is 14.5. The Morgan fingerprint density at radius 2 is 1.73 bits per heavy atom. The van der Waals surface area contributed by atoms with Gasteiger partial charge in [0.15, 0.2) is 9.84 Å². The summed E-state index contributed by atoms with van der Waals surface area (Å²) in [5, 5.41) is 13.3. The molecule has 1 aromatic heterocycles. The molecular formula is C35H41N5O4S. The summed E-state index contributed by atoms with van der Waals surface area (Å²) in [6.07, 6.45) is 2.11. The van der Waals surface area contributed by atoms with Gasteiger partial charge in [0.05, 0.1) is 28.1 Å². The molecule has 1 saturated heterocycles. The highest BCUT2D eigenvalue weighted by Gasteiger charge is 2.39. The monoisotopic (exact) mass is 627 g/mol. The summed E-state index contributed by atoms with van der Waals surface area (Å²) in [6.45, 7) is 10.3. The first-order chi connectivity index (χ1) is 21.5. The first-order valence-corrected chi connectivity index (χ1v) is 17.1. The van der Waals surface area contributed by atoms with Gasteiger partial charge < -0.3 is 15.4 Å². The quantitative estimate of drug-likeness (QED) is 0.214. The summed E-state index contributed by atoms with van der Waals surface area (Å²) >= 11 is 0. The Labute approximate surface area is 265 Å². The lowest BCUT2D eigenvalue weighted by molar-refractivity contribution is 0.262. The number of carbonyl (C=O) groups is 1. The number of aryl methyl sites for hydroxylation is 1. The number of carbonyl (C=O) groups excluding carboxylic acids is 1. The molecule has 0 radical (unpaired) electrons. The van der Waals surface area contributed by atoms with Crippen LogP contribution in [0.1, 0.15) is 61.2 Å². The molecule has 1 fully saturated rings. The lowest BCUT2D eigenvalue weighted by Crippen LogP contribution is -2.34. The molecule has 4 aromatic rings. The van der Waals surface area contributed by atoms with Crippen molar-refractivity contribution in [3.05, 3.63) is 95.2 Å². The number of amides is 2. The number of nitrogens with zero attached hydrogens (tertiary/aromatic N) is 2. The SMILES string of the molecule is Cc1ccc(-n2nc(C(C)(C)C)cc2NC(=O)Nc2ccccc2C(C2CCNCC2)S(=O)(=O)c2ccc3c(c2)CCO3)cc1. The van der Waals surface area contributed by atoms with Crippen LogP contribution in [0.2, 0.25) is 0 Å². The number of ether oxygens (including phenoxy) is 1. The van der Waals surface area contributed by atoms with Crippen LogP contribution in [0.15, 0.2) is 77.7 Å². The van der Waals surface area contributed by atoms with Gasteiger partial charge in [-0.15, -0.1) is 0 Å². The van der Waals surface area contributed by atoms with Crippen molar-refractivity contribution in [2.75, 3.05) is 30.3 Å². The molecule has 2 aliphatic rings. The van der Waals surface area contributed by atoms with Crippen molar-refractivity contribution in [3.8, 4) is 11.4 Å². The molecule has 6 rings (SSSR count). The lowest BCUT2D eigenvalue weighted by atomic mass is 9.89. The Kier molecular flexibility index (Phi) is 8.45. The summed E-state index contributed by atoms with van der Waals surface area (Å²) in [4.78, 5) is 13.9. The minimum Gasteiger partial charge on any atom is -0.493 e. The Hall–Kier alpha value is -4.15. The van der Waals surface area contributed by atoms with Gasteiger partial charge in [-0.25, -0.2) is 17.9 Å². The molecule has 3 heterocycles. The van der Waals surface area contributed by atoms with Gasteiger partial charge in [-0.2, -0.15) is 5.10 Å². The number of aromatic nitrogens is 2. The molecule has 0 spiro atoms. The fourth-order valence-corrected chi connectivity index (χ4v) is 8.33. The van der Waals surface area contributed by atoms with Gasteiger partial charge in [-0.3, -0.25) is 5.32 Å². The summed E-state index contributed by atoms with van der Waals surface area (Å²) < 4.78 is 36.3. The van der Waals surface area contributed by atoms with Gasteiger partial charge in [-0.1, -0.05) is 56.7 Å². The second-order valence-electron chi connectivity index (χ2n) is 13.0.